The van der Waals surface area contributed by atoms with Gasteiger partial charge in [0.25, 0.3) is 0 Å². The van der Waals surface area contributed by atoms with Gasteiger partial charge in [0.2, 0.25) is 23.6 Å². The number of benzene rings is 2. The fraction of sp³-hybridized carbons (Fsp3) is 0.760. The zero-order chi connectivity index (χ0) is 110. The fourth-order valence-corrected chi connectivity index (χ4v) is 18.9. The van der Waals surface area contributed by atoms with E-state index in [0.29, 0.717) is 11.1 Å². The van der Waals surface area contributed by atoms with Crippen molar-refractivity contribution in [2.45, 2.75) is 444 Å². The van der Waals surface area contributed by atoms with E-state index in [-0.39, 0.29) is 145 Å². The van der Waals surface area contributed by atoms with Gasteiger partial charge in [0.1, 0.15) is 91.3 Å². The zero-order valence-corrected chi connectivity index (χ0v) is 92.4. The van der Waals surface area contributed by atoms with E-state index in [1.54, 1.807) is 79.7 Å². The second kappa shape index (κ2) is 64.3. The number of phosphoric ester groups is 2. The molecular weight excluding hydrogens is 2020 g/mol. The van der Waals surface area contributed by atoms with E-state index >= 15 is 4.57 Å². The van der Waals surface area contributed by atoms with Gasteiger partial charge < -0.3 is 138 Å². The van der Waals surface area contributed by atoms with Crippen molar-refractivity contribution in [3.8, 4) is 0 Å². The maximum Gasteiger partial charge on any atom is 0.475 e. The molecule has 0 aromatic heterocycles. The molecule has 7 rings (SSSR count). The van der Waals surface area contributed by atoms with E-state index < -0.39 is 294 Å². The second-order valence-corrected chi connectivity index (χ2v) is 46.7. The molecule has 14 N–H and O–H groups in total. The number of aliphatic hydroxyl groups is 5. The number of carbonyl (C=O) groups excluding carboxylic acids is 12. The number of ether oxygens (including phenoxy) is 15. The Bertz CT molecular complexity index is 4570. The van der Waals surface area contributed by atoms with E-state index in [9.17, 15) is 97.4 Å². The van der Waals surface area contributed by atoms with Gasteiger partial charge in [-0.05, 0) is 85.2 Å². The Morgan fingerprint density at radius 3 is 1.29 bits per heavy atom. The third-order valence-corrected chi connectivity index (χ3v) is 32.8. The summed E-state index contributed by atoms with van der Waals surface area (Å²) in [4.78, 5) is 179. The van der Waals surface area contributed by atoms with Crippen LogP contribution in [0.25, 0.3) is 0 Å². The highest BCUT2D eigenvalue weighted by Gasteiger charge is 2.59. The number of esters is 8. The number of rotatable bonds is 57. The molecule has 2 aromatic rings. The summed E-state index contributed by atoms with van der Waals surface area (Å²) in [7, 11) is -12.9. The largest absolute Gasteiger partial charge is 0.475 e. The first kappa shape index (κ1) is 131. The molecule has 0 spiro atoms. The van der Waals surface area contributed by atoms with E-state index in [1.165, 1.54) is 13.8 Å². The summed E-state index contributed by atoms with van der Waals surface area (Å²) < 4.78 is 148. The van der Waals surface area contributed by atoms with Crippen LogP contribution in [0.2, 0.25) is 18.1 Å². The van der Waals surface area contributed by atoms with Gasteiger partial charge >= 0.3 is 63.4 Å². The molecule has 0 bridgehead atoms. The molecule has 49 heteroatoms. The molecule has 850 valence electrons. The van der Waals surface area contributed by atoms with Crippen LogP contribution in [0.15, 0.2) is 54.6 Å². The molecule has 5 heterocycles. The highest BCUT2D eigenvalue weighted by Crippen LogP contribution is 2.56. The summed E-state index contributed by atoms with van der Waals surface area (Å²) >= 11 is 0. The van der Waals surface area contributed by atoms with E-state index in [0.717, 1.165) is 18.4 Å². The van der Waals surface area contributed by atoms with Crippen LogP contribution in [0.3, 0.4) is 0 Å². The minimum absolute atomic E-state index is 0. The maximum absolute atomic E-state index is 15.1. The molecule has 5 aliphatic heterocycles. The monoisotopic (exact) mass is 2180 g/mol. The maximum atomic E-state index is 15.1. The summed E-state index contributed by atoms with van der Waals surface area (Å²) in [6.07, 6.45) is -30.2. The minimum atomic E-state index is -5.50. The molecule has 4 fully saturated rings. The van der Waals surface area contributed by atoms with E-state index in [4.69, 9.17) is 93.6 Å². The molecular formula is C100H165N5O41P2Si. The summed E-state index contributed by atoms with van der Waals surface area (Å²) in [6.45, 7) is 33.4. The van der Waals surface area contributed by atoms with Crippen molar-refractivity contribution in [2.24, 2.45) is 17.8 Å². The van der Waals surface area contributed by atoms with Crippen LogP contribution in [-0.4, -0.2) is 295 Å². The number of carbonyl (C=O) groups is 12. The molecule has 46 nitrogen and oxygen atoms in total. The first-order valence-electron chi connectivity index (χ1n) is 51.5. The highest BCUT2D eigenvalue weighted by atomic mass is 31.2. The third kappa shape index (κ3) is 43.0. The van der Waals surface area contributed by atoms with Crippen LogP contribution in [0.4, 0.5) is 0 Å². The molecule has 0 radical (unpaired) electrons. The first-order chi connectivity index (χ1) is 69.9. The lowest BCUT2D eigenvalue weighted by atomic mass is 9.88. The summed E-state index contributed by atoms with van der Waals surface area (Å²) in [5.41, 5.74) is 2.18. The van der Waals surface area contributed by atoms with Crippen LogP contribution in [0, 0.1) is 17.8 Å². The highest BCUT2D eigenvalue weighted by molar-refractivity contribution is 7.48. The molecule has 0 aliphatic carbocycles. The molecule has 2 aromatic carbocycles. The van der Waals surface area contributed by atoms with Crippen molar-refractivity contribution in [2.75, 3.05) is 26.4 Å². The Hall–Kier alpha value is -8.04. The normalized spacial score (nSPS) is 26.5. The van der Waals surface area contributed by atoms with Crippen LogP contribution in [-0.2, 0) is 180 Å². The number of hydrogen-bond donors (Lipinski definition) is 12. The Kier molecular flexibility index (Phi) is 56.7. The van der Waals surface area contributed by atoms with Crippen molar-refractivity contribution in [1.82, 2.24) is 27.4 Å². The van der Waals surface area contributed by atoms with Gasteiger partial charge in [-0.25, -0.2) is 9.13 Å². The van der Waals surface area contributed by atoms with Crippen LogP contribution < -0.4 is 27.4 Å². The molecule has 149 heavy (non-hydrogen) atoms. The Labute approximate surface area is 873 Å². The van der Waals surface area contributed by atoms with Gasteiger partial charge in [-0.15, -0.1) is 0 Å². The zero-order valence-electron chi connectivity index (χ0n) is 89.6. The van der Waals surface area contributed by atoms with Crippen LogP contribution >= 0.6 is 15.6 Å². The number of amides is 4. The molecule has 28 atom stereocenters. The van der Waals surface area contributed by atoms with Gasteiger partial charge in [0, 0.05) is 44.4 Å². The minimum Gasteiger partial charge on any atom is -0.462 e. The summed E-state index contributed by atoms with van der Waals surface area (Å²) in [6, 6.07) is 10.6. The lowest BCUT2D eigenvalue weighted by Crippen LogP contribution is -2.68. The lowest BCUT2D eigenvalue weighted by Gasteiger charge is -2.49. The SMILES string of the molecule is CCC(=O)O[C@H](CC)CC(=O)NC1[C@H](OCC2OC(O)C(NC(=O)C[C@H](O)CC)[C@@H](OC(=O)C[C@H](O)CC)[C@@H]2O)OC(CO)[C@@H](OP(=O)(O)O)[C@@H]1OC(=O)C[C@@H](CC)OC(=O)CC.CCC(=O)O[C@H](CC)CC(=O)NC1[C@H](OCC2O[C@@H](O[Si](C)(C)C(C)(C)C)C(NC(=O)C[C@H](C)CC)[C@@H](OC(=O)C[C@H](C)CC)[C@@H]2C)OC(COCc2ccccc2)[C@@H](OP2(=O)OCc3ccccc3CO2)[C@@H]1OC(=O)C[C@@H](CC)OC(=O)CC.N. The van der Waals surface area contributed by atoms with Crippen LogP contribution in [0.1, 0.15) is 270 Å². The smallest absolute Gasteiger partial charge is 0.462 e. The second-order valence-electron chi connectivity index (χ2n) is 39.1. The number of hydrogen-bond acceptors (Lipinski definition) is 40. The van der Waals surface area contributed by atoms with Crippen LogP contribution in [0.5, 0.6) is 0 Å². The predicted octanol–water partition coefficient (Wildman–Crippen LogP) is 9.27. The number of nitrogens with one attached hydrogen (secondary N) is 4. The van der Waals surface area contributed by atoms with Gasteiger partial charge in [0.15, 0.2) is 51.8 Å². The van der Waals surface area contributed by atoms with Crippen molar-refractivity contribution in [1.29, 1.82) is 0 Å². The number of phosphoric acid groups is 2. The van der Waals surface area contributed by atoms with Gasteiger partial charge in [-0.1, -0.05) is 192 Å². The van der Waals surface area contributed by atoms with Crippen molar-refractivity contribution in [3.63, 3.8) is 0 Å². The fourth-order valence-electron chi connectivity index (χ4n) is 15.8. The molecule has 4 amide bonds. The third-order valence-electron chi connectivity index (χ3n) is 26.4. The van der Waals surface area contributed by atoms with Gasteiger partial charge in [-0.2, -0.15) is 0 Å². The topological polar surface area (TPSA) is 648 Å². The number of aliphatic hydroxyl groups excluding tert-OH is 5. The average molecular weight is 2180 g/mol. The van der Waals surface area contributed by atoms with E-state index in [1.807, 2.05) is 78.0 Å². The number of fused-ring (bicyclic) bond motifs is 1. The Morgan fingerprint density at radius 2 is 0.839 bits per heavy atom. The van der Waals surface area contributed by atoms with Gasteiger partial charge in [-0.3, -0.25) is 75.6 Å². The molecule has 5 aliphatic rings. The predicted molar refractivity (Wildman–Crippen MR) is 533 cm³/mol. The Balaban J connectivity index is 0.000000544. The quantitative estimate of drug-likeness (QED) is 0.0127. The van der Waals surface area contributed by atoms with Crippen molar-refractivity contribution in [3.05, 3.63) is 71.3 Å². The molecule has 9 unspecified atom stereocenters. The standard InChI is InChI=1S/C62H97N2O19PSi.C38H65N2O22P.H3N/c1-15-39(7)30-49(65)63-55-57(80-53(69)31-40(8)16-2)41(9)47(78-61(55)83-85(13,14)62(10,11)12)38-73-60-56(64-50(66)32-45(17-3)76-51(67)19-5)59(81-54(70)33-46(18-4)77-52(68)20-6)58(48(79-60)37-72-34-42-26-22-21-23-27-42)82-84(71)74-35-43-28-24-25-29-44(43)36-75-84;1-7-19(42)13-25(44)39-31-35(60-29(48)14-20(43)8-2)33(50)24(58-37(31)51)18-55-38-32(40-26(45)15-21(9-3)56-27(46)11-5)36(34(23(17-41)59-38)62-63(52,53)54)61-30(49)16-22(10-4)57-28(47)12-6;/h21-29,39-41,45-48,55-61H,15-20,30-38H2,1-14H3,(H,63,65)(H,64,66);19-24,31-38,41-43,50-51H,7-18H2,1-6H3,(H,39,44)(H,40,45)(H2,52,53,54);1H3/t39-,40-,41-,45-,46-,47?,48?,55?,56?,57+,58-,59-,60-,61+;19-,20-,21-,22-,23?,24?,31?,32?,33-,34-,35-,36-,37?,38-;/m11./s1. The summed E-state index contributed by atoms with van der Waals surface area (Å²) in [5.74, 6) is -9.17. The van der Waals surface area contributed by atoms with E-state index in [2.05, 4.69) is 42.0 Å². The molecule has 0 saturated carbocycles. The van der Waals surface area contributed by atoms with Crippen molar-refractivity contribution >= 4 is 95.3 Å². The Morgan fingerprint density at radius 1 is 0.450 bits per heavy atom. The van der Waals surface area contributed by atoms with Gasteiger partial charge in [0.05, 0.1) is 103 Å². The summed E-state index contributed by atoms with van der Waals surface area (Å²) in [5, 5.41) is 63.7. The molecule has 4 saturated heterocycles. The van der Waals surface area contributed by atoms with Crippen molar-refractivity contribution < 1.29 is 196 Å². The lowest BCUT2D eigenvalue weighted by molar-refractivity contribution is -0.298. The first-order valence-corrected chi connectivity index (χ1v) is 57.4. The average Bonchev–Trinajstić information content (AvgIpc) is 1.41.